The molecule has 0 spiro atoms. The van der Waals surface area contributed by atoms with Crippen LogP contribution >= 0.6 is 0 Å². The van der Waals surface area contributed by atoms with Gasteiger partial charge in [0.15, 0.2) is 0 Å². The molecule has 0 aliphatic carbocycles. The molecule has 3 N–H and O–H groups in total. The lowest BCUT2D eigenvalue weighted by Crippen LogP contribution is -2.43. The Bertz CT molecular complexity index is 268. The van der Waals surface area contributed by atoms with E-state index in [1.807, 2.05) is 0 Å². The molecule has 92 valence electrons. The van der Waals surface area contributed by atoms with Gasteiger partial charge in [0.1, 0.15) is 0 Å². The third kappa shape index (κ3) is 3.48. The molecule has 16 heavy (non-hydrogen) atoms. The first kappa shape index (κ1) is 13.0. The number of nitrogens with zero attached hydrogens (tertiary/aromatic N) is 1. The Kier molecular flexibility index (Phi) is 4.73. The first-order valence-electron chi connectivity index (χ1n) is 5.80. The third-order valence-electron chi connectivity index (χ3n) is 3.01. The van der Waals surface area contributed by atoms with Crippen molar-refractivity contribution in [1.82, 2.24) is 4.90 Å². The Hall–Kier alpha value is -1.10. The summed E-state index contributed by atoms with van der Waals surface area (Å²) in [5.74, 6) is -0.683. The van der Waals surface area contributed by atoms with Crippen LogP contribution in [0, 0.1) is 5.92 Å². The van der Waals surface area contributed by atoms with Gasteiger partial charge in [0.05, 0.1) is 12.5 Å². The second kappa shape index (κ2) is 5.84. The maximum atomic E-state index is 11.8. The van der Waals surface area contributed by atoms with Gasteiger partial charge in [0.25, 0.3) is 0 Å². The molecule has 1 fully saturated rings. The van der Waals surface area contributed by atoms with Crippen molar-refractivity contribution in [1.29, 1.82) is 0 Å². The molecule has 1 aliphatic rings. The van der Waals surface area contributed by atoms with Gasteiger partial charge in [-0.3, -0.25) is 9.59 Å². The van der Waals surface area contributed by atoms with Crippen LogP contribution in [-0.4, -0.2) is 41.0 Å². The van der Waals surface area contributed by atoms with Gasteiger partial charge < -0.3 is 15.7 Å². The van der Waals surface area contributed by atoms with Crippen molar-refractivity contribution in [2.75, 3.05) is 13.1 Å². The van der Waals surface area contributed by atoms with Gasteiger partial charge in [0.2, 0.25) is 5.91 Å². The van der Waals surface area contributed by atoms with Crippen LogP contribution in [0.5, 0.6) is 0 Å². The van der Waals surface area contributed by atoms with Crippen LogP contribution in [0.15, 0.2) is 0 Å². The lowest BCUT2D eigenvalue weighted by atomic mass is 10.0. The molecule has 0 aromatic rings. The number of hydrogen-bond donors (Lipinski definition) is 2. The fourth-order valence-electron chi connectivity index (χ4n) is 2.19. The molecule has 1 amide bonds. The molecule has 0 saturated carbocycles. The first-order valence-corrected chi connectivity index (χ1v) is 5.80. The molecular weight excluding hydrogens is 208 g/mol. The molecule has 2 atom stereocenters. The molecular formula is C11H20N2O3. The van der Waals surface area contributed by atoms with E-state index in [1.54, 1.807) is 4.90 Å². The van der Waals surface area contributed by atoms with Gasteiger partial charge in [-0.15, -0.1) is 0 Å². The van der Waals surface area contributed by atoms with E-state index in [2.05, 4.69) is 6.92 Å². The fraction of sp³-hybridized carbons (Fsp3) is 0.818. The van der Waals surface area contributed by atoms with E-state index in [-0.39, 0.29) is 12.3 Å². The molecule has 5 nitrogen and oxygen atoms in total. The summed E-state index contributed by atoms with van der Waals surface area (Å²) in [6.07, 6.45) is 2.97. The molecule has 1 aliphatic heterocycles. The van der Waals surface area contributed by atoms with E-state index in [4.69, 9.17) is 10.8 Å². The highest BCUT2D eigenvalue weighted by Crippen LogP contribution is 2.21. The Morgan fingerprint density at radius 3 is 2.81 bits per heavy atom. The molecule has 2 unspecified atom stereocenters. The minimum absolute atomic E-state index is 0.221. The summed E-state index contributed by atoms with van der Waals surface area (Å²) in [6.45, 7) is 3.58. The van der Waals surface area contributed by atoms with Crippen LogP contribution in [0.4, 0.5) is 0 Å². The number of nitrogens with two attached hydrogens (primary N) is 1. The number of carboxylic acid groups (broad SMARTS) is 1. The van der Waals surface area contributed by atoms with Gasteiger partial charge in [0, 0.05) is 13.1 Å². The number of rotatable bonds is 5. The average molecular weight is 228 g/mol. The largest absolute Gasteiger partial charge is 0.481 e. The predicted molar refractivity (Wildman–Crippen MR) is 59.8 cm³/mol. The van der Waals surface area contributed by atoms with E-state index in [0.717, 1.165) is 32.4 Å². The maximum absolute atomic E-state index is 11.8. The van der Waals surface area contributed by atoms with Crippen molar-refractivity contribution in [3.05, 3.63) is 0 Å². The molecule has 5 heteroatoms. The monoisotopic (exact) mass is 228 g/mol. The Balaban J connectivity index is 2.41. The van der Waals surface area contributed by atoms with Crippen LogP contribution in [-0.2, 0) is 9.59 Å². The molecule has 0 aromatic heterocycles. The normalized spacial score (nSPS) is 22.1. The number of hydrogen-bond acceptors (Lipinski definition) is 3. The predicted octanol–water partition coefficient (Wildman–Crippen LogP) is 0.437. The fourth-order valence-corrected chi connectivity index (χ4v) is 2.19. The van der Waals surface area contributed by atoms with Crippen LogP contribution in [0.3, 0.4) is 0 Å². The van der Waals surface area contributed by atoms with Crippen molar-refractivity contribution < 1.29 is 14.7 Å². The summed E-state index contributed by atoms with van der Waals surface area (Å²) in [7, 11) is 0. The zero-order valence-corrected chi connectivity index (χ0v) is 9.69. The molecule has 1 heterocycles. The van der Waals surface area contributed by atoms with Gasteiger partial charge in [-0.25, -0.2) is 0 Å². The van der Waals surface area contributed by atoms with Crippen molar-refractivity contribution in [3.63, 3.8) is 0 Å². The minimum atomic E-state index is -1.02. The smallest absolute Gasteiger partial charge is 0.305 e. The number of carbonyl (C=O) groups is 2. The van der Waals surface area contributed by atoms with Crippen LogP contribution in [0.2, 0.25) is 0 Å². The van der Waals surface area contributed by atoms with Crippen molar-refractivity contribution >= 4 is 11.9 Å². The Morgan fingerprint density at radius 1 is 1.56 bits per heavy atom. The van der Waals surface area contributed by atoms with Crippen LogP contribution < -0.4 is 5.73 Å². The number of carboxylic acids is 1. The van der Waals surface area contributed by atoms with Crippen LogP contribution in [0.25, 0.3) is 0 Å². The van der Waals surface area contributed by atoms with Gasteiger partial charge in [-0.05, 0) is 18.8 Å². The molecule has 0 bridgehead atoms. The highest BCUT2D eigenvalue weighted by molar-refractivity contribution is 5.86. The zero-order valence-electron chi connectivity index (χ0n) is 9.69. The number of likely N-dealkylation sites (tertiary alicyclic amines) is 1. The summed E-state index contributed by atoms with van der Waals surface area (Å²) < 4.78 is 0. The topological polar surface area (TPSA) is 83.6 Å². The maximum Gasteiger partial charge on any atom is 0.305 e. The molecule has 1 saturated heterocycles. The zero-order chi connectivity index (χ0) is 12.1. The summed E-state index contributed by atoms with van der Waals surface area (Å²) in [6, 6.07) is -0.891. The van der Waals surface area contributed by atoms with Gasteiger partial charge >= 0.3 is 5.97 Å². The lowest BCUT2D eigenvalue weighted by molar-refractivity contribution is -0.141. The minimum Gasteiger partial charge on any atom is -0.481 e. The summed E-state index contributed by atoms with van der Waals surface area (Å²) in [5.41, 5.74) is 5.55. The SMILES string of the molecule is CCCC1CCN(C(=O)C(N)CC(=O)O)C1. The summed E-state index contributed by atoms with van der Waals surface area (Å²) in [4.78, 5) is 23.9. The highest BCUT2D eigenvalue weighted by atomic mass is 16.4. The van der Waals surface area contributed by atoms with Crippen LogP contribution in [0.1, 0.15) is 32.6 Å². The summed E-state index contributed by atoms with van der Waals surface area (Å²) >= 11 is 0. The standard InChI is InChI=1S/C11H20N2O3/c1-2-3-8-4-5-13(7-8)11(16)9(12)6-10(14)15/h8-9H,2-7,12H2,1H3,(H,14,15). The summed E-state index contributed by atoms with van der Waals surface area (Å²) in [5, 5.41) is 8.56. The third-order valence-corrected chi connectivity index (χ3v) is 3.01. The molecule has 1 rings (SSSR count). The quantitative estimate of drug-likeness (QED) is 0.715. The van der Waals surface area contributed by atoms with E-state index in [9.17, 15) is 9.59 Å². The second-order valence-electron chi connectivity index (χ2n) is 4.43. The number of aliphatic carboxylic acids is 1. The average Bonchev–Trinajstić information content (AvgIpc) is 2.64. The Morgan fingerprint density at radius 2 is 2.25 bits per heavy atom. The number of carbonyl (C=O) groups excluding carboxylic acids is 1. The van der Waals surface area contributed by atoms with E-state index >= 15 is 0 Å². The Labute approximate surface area is 95.6 Å². The van der Waals surface area contributed by atoms with Crippen molar-refractivity contribution in [2.45, 2.75) is 38.6 Å². The lowest BCUT2D eigenvalue weighted by Gasteiger charge is -2.19. The molecule has 0 aromatic carbocycles. The van der Waals surface area contributed by atoms with Gasteiger partial charge in [-0.1, -0.05) is 13.3 Å². The van der Waals surface area contributed by atoms with E-state index in [0.29, 0.717) is 5.92 Å². The first-order chi connectivity index (χ1) is 7.54. The van der Waals surface area contributed by atoms with Gasteiger partial charge in [-0.2, -0.15) is 0 Å². The second-order valence-corrected chi connectivity index (χ2v) is 4.43. The van der Waals surface area contributed by atoms with E-state index in [1.165, 1.54) is 0 Å². The number of amides is 1. The highest BCUT2D eigenvalue weighted by Gasteiger charge is 2.29. The molecule has 0 radical (unpaired) electrons. The van der Waals surface area contributed by atoms with Crippen molar-refractivity contribution in [2.24, 2.45) is 11.7 Å². The van der Waals surface area contributed by atoms with E-state index < -0.39 is 12.0 Å². The van der Waals surface area contributed by atoms with Crippen molar-refractivity contribution in [3.8, 4) is 0 Å².